The number of carbonyl (C=O) groups excluding carboxylic acids is 1. The molecule has 2 aromatic rings. The molecule has 1 fully saturated rings. The molecule has 1 amide bonds. The third-order valence-electron chi connectivity index (χ3n) is 4.63. The number of benzene rings is 1. The van der Waals surface area contributed by atoms with E-state index in [9.17, 15) is 4.79 Å². The van der Waals surface area contributed by atoms with E-state index in [-0.39, 0.29) is 18.7 Å². The minimum Gasteiger partial charge on any atom is -0.454 e. The molecule has 0 saturated carbocycles. The molecule has 2 aliphatic heterocycles. The van der Waals surface area contributed by atoms with E-state index in [2.05, 4.69) is 17.1 Å². The van der Waals surface area contributed by atoms with Crippen LogP contribution < -0.4 is 9.47 Å². The van der Waals surface area contributed by atoms with Gasteiger partial charge in [-0.1, -0.05) is 12.1 Å². The number of rotatable bonds is 4. The molecule has 2 aliphatic rings. The zero-order chi connectivity index (χ0) is 17.2. The van der Waals surface area contributed by atoms with Crippen molar-refractivity contribution in [2.24, 2.45) is 0 Å². The van der Waals surface area contributed by atoms with Crippen molar-refractivity contribution in [3.8, 4) is 11.5 Å². The third-order valence-corrected chi connectivity index (χ3v) is 4.63. The first-order valence-corrected chi connectivity index (χ1v) is 8.79. The Bertz CT molecular complexity index is 773. The number of piperidine rings is 1. The van der Waals surface area contributed by atoms with E-state index in [0.29, 0.717) is 35.3 Å². The van der Waals surface area contributed by atoms with Gasteiger partial charge in [-0.3, -0.25) is 4.79 Å². The fourth-order valence-corrected chi connectivity index (χ4v) is 3.35. The number of fused-ring (bicyclic) bond motifs is 1. The first kappa shape index (κ1) is 15.9. The number of hydrogen-bond acceptors (Lipinski definition) is 6. The van der Waals surface area contributed by atoms with E-state index in [4.69, 9.17) is 14.0 Å². The smallest absolute Gasteiger partial charge is 0.254 e. The Hall–Kier alpha value is -2.57. The quantitative estimate of drug-likeness (QED) is 0.849. The van der Waals surface area contributed by atoms with Crippen LogP contribution in [0.25, 0.3) is 0 Å². The van der Waals surface area contributed by atoms with Gasteiger partial charge in [-0.05, 0) is 43.9 Å². The highest BCUT2D eigenvalue weighted by atomic mass is 16.7. The minimum absolute atomic E-state index is 0.0433. The van der Waals surface area contributed by atoms with Gasteiger partial charge in [-0.15, -0.1) is 0 Å². The lowest BCUT2D eigenvalue weighted by molar-refractivity contribution is 0.0561. The van der Waals surface area contributed by atoms with Crippen LogP contribution in [0.4, 0.5) is 0 Å². The first-order valence-electron chi connectivity index (χ1n) is 8.79. The van der Waals surface area contributed by atoms with Crippen molar-refractivity contribution in [3.63, 3.8) is 0 Å². The monoisotopic (exact) mass is 343 g/mol. The molecule has 0 spiro atoms. The Labute approximate surface area is 145 Å². The van der Waals surface area contributed by atoms with Gasteiger partial charge < -0.3 is 18.9 Å². The number of hydrogen-bond donors (Lipinski definition) is 0. The maximum atomic E-state index is 13.1. The van der Waals surface area contributed by atoms with Crippen molar-refractivity contribution in [1.82, 2.24) is 15.0 Å². The second-order valence-corrected chi connectivity index (χ2v) is 6.38. The summed E-state index contributed by atoms with van der Waals surface area (Å²) in [6, 6.07) is 5.13. The maximum absolute atomic E-state index is 13.1. The highest BCUT2D eigenvalue weighted by molar-refractivity contribution is 5.95. The molecule has 1 aromatic carbocycles. The number of amides is 1. The van der Waals surface area contributed by atoms with Crippen LogP contribution >= 0.6 is 0 Å². The lowest BCUT2D eigenvalue weighted by atomic mass is 10.0. The average molecular weight is 343 g/mol. The Balaban J connectivity index is 1.58. The number of aromatic nitrogens is 2. The SMILES string of the molecule is CCCc1noc(C2CCCCN2C(=O)c2ccc3c(c2)OCO3)n1. The summed E-state index contributed by atoms with van der Waals surface area (Å²) in [5, 5.41) is 4.03. The molecule has 7 nitrogen and oxygen atoms in total. The normalized spacial score (nSPS) is 19.2. The van der Waals surface area contributed by atoms with Crippen LogP contribution in [-0.4, -0.2) is 34.3 Å². The van der Waals surface area contributed by atoms with Gasteiger partial charge in [-0.2, -0.15) is 4.98 Å². The standard InChI is InChI=1S/C18H21N3O4/c1-2-5-16-19-17(25-20-16)13-6-3-4-9-21(13)18(22)12-7-8-14-15(10-12)24-11-23-14/h7-8,10,13H,2-6,9,11H2,1H3. The Morgan fingerprint density at radius 2 is 2.16 bits per heavy atom. The molecule has 0 N–H and O–H groups in total. The zero-order valence-electron chi connectivity index (χ0n) is 14.2. The van der Waals surface area contributed by atoms with Crippen LogP contribution in [0.5, 0.6) is 11.5 Å². The van der Waals surface area contributed by atoms with Crippen LogP contribution in [-0.2, 0) is 6.42 Å². The molecule has 1 unspecified atom stereocenters. The zero-order valence-corrected chi connectivity index (χ0v) is 14.2. The van der Waals surface area contributed by atoms with E-state index >= 15 is 0 Å². The molecule has 7 heteroatoms. The van der Waals surface area contributed by atoms with Gasteiger partial charge in [0.05, 0.1) is 0 Å². The van der Waals surface area contributed by atoms with Crippen molar-refractivity contribution >= 4 is 5.91 Å². The Kier molecular flexibility index (Phi) is 4.29. The van der Waals surface area contributed by atoms with Crippen molar-refractivity contribution < 1.29 is 18.8 Å². The molecule has 132 valence electrons. The molecule has 1 saturated heterocycles. The van der Waals surface area contributed by atoms with Crippen molar-refractivity contribution in [1.29, 1.82) is 0 Å². The second kappa shape index (κ2) is 6.74. The number of aryl methyl sites for hydroxylation is 1. The van der Waals surface area contributed by atoms with Gasteiger partial charge >= 0.3 is 0 Å². The largest absolute Gasteiger partial charge is 0.454 e. The number of carbonyl (C=O) groups is 1. The van der Waals surface area contributed by atoms with Crippen molar-refractivity contribution in [2.75, 3.05) is 13.3 Å². The van der Waals surface area contributed by atoms with Crippen molar-refractivity contribution in [2.45, 2.75) is 45.1 Å². The molecule has 0 radical (unpaired) electrons. The van der Waals surface area contributed by atoms with Crippen LogP contribution in [0.1, 0.15) is 60.7 Å². The Morgan fingerprint density at radius 1 is 1.28 bits per heavy atom. The van der Waals surface area contributed by atoms with Gasteiger partial charge in [0.25, 0.3) is 5.91 Å². The second-order valence-electron chi connectivity index (χ2n) is 6.38. The summed E-state index contributed by atoms with van der Waals surface area (Å²) in [6.07, 6.45) is 4.60. The van der Waals surface area contributed by atoms with Gasteiger partial charge in [0.2, 0.25) is 12.7 Å². The summed E-state index contributed by atoms with van der Waals surface area (Å²) in [4.78, 5) is 19.4. The topological polar surface area (TPSA) is 77.7 Å². The lowest BCUT2D eigenvalue weighted by Gasteiger charge is -2.33. The van der Waals surface area contributed by atoms with Crippen LogP contribution in [0.15, 0.2) is 22.7 Å². The van der Waals surface area contributed by atoms with Gasteiger partial charge in [-0.25, -0.2) is 0 Å². The molecule has 1 aromatic heterocycles. The molecule has 0 aliphatic carbocycles. The van der Waals surface area contributed by atoms with Crippen LogP contribution in [0.3, 0.4) is 0 Å². The highest BCUT2D eigenvalue weighted by Gasteiger charge is 2.33. The summed E-state index contributed by atoms with van der Waals surface area (Å²) >= 11 is 0. The number of ether oxygens (including phenoxy) is 2. The summed E-state index contributed by atoms with van der Waals surface area (Å²) < 4.78 is 16.1. The third kappa shape index (κ3) is 3.06. The van der Waals surface area contributed by atoms with Crippen LogP contribution in [0.2, 0.25) is 0 Å². The molecule has 4 rings (SSSR count). The highest BCUT2D eigenvalue weighted by Crippen LogP contribution is 2.35. The molecule has 0 bridgehead atoms. The van der Waals surface area contributed by atoms with E-state index in [1.807, 2.05) is 4.90 Å². The summed E-state index contributed by atoms with van der Waals surface area (Å²) in [5.74, 6) is 2.49. The first-order chi connectivity index (χ1) is 12.3. The van der Waals surface area contributed by atoms with Crippen molar-refractivity contribution in [3.05, 3.63) is 35.5 Å². The summed E-state index contributed by atoms with van der Waals surface area (Å²) in [7, 11) is 0. The molecule has 3 heterocycles. The maximum Gasteiger partial charge on any atom is 0.254 e. The van der Waals surface area contributed by atoms with E-state index in [1.165, 1.54) is 0 Å². The molecule has 1 atom stereocenters. The molecule has 25 heavy (non-hydrogen) atoms. The van der Waals surface area contributed by atoms with Crippen LogP contribution in [0, 0.1) is 0 Å². The average Bonchev–Trinajstić information content (AvgIpc) is 3.30. The van der Waals surface area contributed by atoms with Gasteiger partial charge in [0, 0.05) is 18.5 Å². The molecular formula is C18H21N3O4. The summed E-state index contributed by atoms with van der Waals surface area (Å²) in [5.41, 5.74) is 0.587. The Morgan fingerprint density at radius 3 is 3.04 bits per heavy atom. The van der Waals surface area contributed by atoms with E-state index < -0.39 is 0 Å². The minimum atomic E-state index is -0.162. The van der Waals surface area contributed by atoms with Gasteiger partial charge in [0.1, 0.15) is 6.04 Å². The fraction of sp³-hybridized carbons (Fsp3) is 0.500. The fourth-order valence-electron chi connectivity index (χ4n) is 3.35. The molecular weight excluding hydrogens is 322 g/mol. The number of nitrogens with zero attached hydrogens (tertiary/aromatic N) is 3. The van der Waals surface area contributed by atoms with Gasteiger partial charge in [0.15, 0.2) is 17.3 Å². The lowest BCUT2D eigenvalue weighted by Crippen LogP contribution is -2.38. The predicted octanol–water partition coefficient (Wildman–Crippen LogP) is 3.12. The van der Waals surface area contributed by atoms with E-state index in [1.54, 1.807) is 18.2 Å². The predicted molar refractivity (Wildman–Crippen MR) is 88.5 cm³/mol. The summed E-state index contributed by atoms with van der Waals surface area (Å²) in [6.45, 7) is 2.96. The van der Waals surface area contributed by atoms with E-state index in [0.717, 1.165) is 32.1 Å². The number of likely N-dealkylation sites (tertiary alicyclic amines) is 1.